The van der Waals surface area contributed by atoms with Gasteiger partial charge >= 0.3 is 0 Å². The number of anilines is 1. The lowest BCUT2D eigenvalue weighted by Gasteiger charge is -2.26. The van der Waals surface area contributed by atoms with Crippen LogP contribution in [0.25, 0.3) is 11.1 Å². The Balaban J connectivity index is 2.01. The fraction of sp³-hybridized carbons (Fsp3) is 0.294. The van der Waals surface area contributed by atoms with E-state index < -0.39 is 0 Å². The predicted molar refractivity (Wildman–Crippen MR) is 84.0 cm³/mol. The number of carbonyl (C=O) groups excluding carboxylic acids is 1. The van der Waals surface area contributed by atoms with E-state index in [-0.39, 0.29) is 11.9 Å². The smallest absolute Gasteiger partial charge is 0.227 e. The van der Waals surface area contributed by atoms with Gasteiger partial charge in [0.2, 0.25) is 5.91 Å². The monoisotopic (exact) mass is 281 g/mol. The zero-order valence-corrected chi connectivity index (χ0v) is 12.3. The molecule has 4 heteroatoms. The molecule has 1 amide bonds. The molecular formula is C17H19N3O. The Bertz CT molecular complexity index is 694. The fourth-order valence-electron chi connectivity index (χ4n) is 2.70. The lowest BCUT2D eigenvalue weighted by Crippen LogP contribution is -2.30. The highest BCUT2D eigenvalue weighted by molar-refractivity contribution is 5.96. The molecule has 1 aliphatic rings. The Kier molecular flexibility index (Phi) is 3.47. The number of amides is 1. The third-order valence-corrected chi connectivity index (χ3v) is 4.04. The summed E-state index contributed by atoms with van der Waals surface area (Å²) in [5.74, 6) is 0.177. The molecule has 1 atom stereocenters. The number of fused-ring (bicyclic) bond motifs is 1. The van der Waals surface area contributed by atoms with Crippen LogP contribution < -0.4 is 10.6 Å². The summed E-state index contributed by atoms with van der Waals surface area (Å²) < 4.78 is 0. The van der Waals surface area contributed by atoms with Gasteiger partial charge in [0.15, 0.2) is 0 Å². The molecule has 2 heterocycles. The standard InChI is InChI=1S/C17H19N3O/c1-11(18)14-8-15(10-19-9-14)12-3-5-16-13(7-12)4-6-17(21)20(16)2/h3,5,7-11H,4,6,18H2,1-2H3. The van der Waals surface area contributed by atoms with Crippen LogP contribution in [0.15, 0.2) is 36.7 Å². The number of rotatable bonds is 2. The molecule has 1 aromatic carbocycles. The molecule has 1 aliphatic heterocycles. The summed E-state index contributed by atoms with van der Waals surface area (Å²) >= 11 is 0. The summed E-state index contributed by atoms with van der Waals surface area (Å²) in [5, 5.41) is 0. The van der Waals surface area contributed by atoms with Gasteiger partial charge in [0.1, 0.15) is 0 Å². The van der Waals surface area contributed by atoms with Crippen molar-refractivity contribution >= 4 is 11.6 Å². The molecule has 0 spiro atoms. The molecule has 21 heavy (non-hydrogen) atoms. The minimum Gasteiger partial charge on any atom is -0.324 e. The van der Waals surface area contributed by atoms with Gasteiger partial charge in [-0.2, -0.15) is 0 Å². The van der Waals surface area contributed by atoms with E-state index in [0.717, 1.165) is 28.8 Å². The van der Waals surface area contributed by atoms with Gasteiger partial charge < -0.3 is 10.6 Å². The van der Waals surface area contributed by atoms with Crippen molar-refractivity contribution in [1.82, 2.24) is 4.98 Å². The maximum atomic E-state index is 11.7. The fourth-order valence-corrected chi connectivity index (χ4v) is 2.70. The minimum atomic E-state index is -0.0289. The molecule has 0 radical (unpaired) electrons. The first-order chi connectivity index (χ1) is 10.1. The first kappa shape index (κ1) is 13.8. The van der Waals surface area contributed by atoms with E-state index >= 15 is 0 Å². The summed E-state index contributed by atoms with van der Waals surface area (Å²) in [7, 11) is 1.83. The molecule has 4 nitrogen and oxygen atoms in total. The quantitative estimate of drug-likeness (QED) is 0.920. The molecule has 3 rings (SSSR count). The molecule has 1 aromatic heterocycles. The van der Waals surface area contributed by atoms with Crippen molar-refractivity contribution in [3.05, 3.63) is 47.8 Å². The molecule has 1 unspecified atom stereocenters. The van der Waals surface area contributed by atoms with E-state index in [0.29, 0.717) is 6.42 Å². The topological polar surface area (TPSA) is 59.2 Å². The Morgan fingerprint density at radius 2 is 2.00 bits per heavy atom. The van der Waals surface area contributed by atoms with Crippen molar-refractivity contribution in [2.24, 2.45) is 5.73 Å². The van der Waals surface area contributed by atoms with Gasteiger partial charge in [-0.05, 0) is 48.2 Å². The SMILES string of the molecule is CC(N)c1cncc(-c2ccc3c(c2)CCC(=O)N3C)c1. The Morgan fingerprint density at radius 3 is 2.76 bits per heavy atom. The normalized spacial score (nSPS) is 15.8. The number of hydrogen-bond acceptors (Lipinski definition) is 3. The van der Waals surface area contributed by atoms with E-state index in [4.69, 9.17) is 5.73 Å². The average Bonchev–Trinajstić information content (AvgIpc) is 2.51. The van der Waals surface area contributed by atoms with Gasteiger partial charge in [0.25, 0.3) is 0 Å². The number of aryl methyl sites for hydroxylation is 1. The van der Waals surface area contributed by atoms with E-state index in [1.165, 1.54) is 5.56 Å². The molecule has 2 N–H and O–H groups in total. The zero-order chi connectivity index (χ0) is 15.0. The lowest BCUT2D eigenvalue weighted by molar-refractivity contribution is -0.118. The maximum Gasteiger partial charge on any atom is 0.227 e. The molecule has 0 saturated heterocycles. The van der Waals surface area contributed by atoms with Crippen LogP contribution in [0.1, 0.15) is 30.5 Å². The van der Waals surface area contributed by atoms with Gasteiger partial charge in [-0.15, -0.1) is 0 Å². The van der Waals surface area contributed by atoms with Crippen molar-refractivity contribution in [3.63, 3.8) is 0 Å². The number of aromatic nitrogens is 1. The molecule has 0 fully saturated rings. The highest BCUT2D eigenvalue weighted by Crippen LogP contribution is 2.31. The van der Waals surface area contributed by atoms with Crippen LogP contribution >= 0.6 is 0 Å². The summed E-state index contributed by atoms with van der Waals surface area (Å²) in [6, 6.07) is 8.26. The number of pyridine rings is 1. The molecule has 0 saturated carbocycles. The van der Waals surface area contributed by atoms with E-state index in [9.17, 15) is 4.79 Å². The maximum absolute atomic E-state index is 11.7. The van der Waals surface area contributed by atoms with Gasteiger partial charge in [-0.3, -0.25) is 9.78 Å². The van der Waals surface area contributed by atoms with Crippen molar-refractivity contribution in [2.45, 2.75) is 25.8 Å². The molecule has 2 aromatic rings. The number of carbonyl (C=O) groups is 1. The van der Waals surface area contributed by atoms with Crippen LogP contribution in [0.3, 0.4) is 0 Å². The predicted octanol–water partition coefficient (Wildman–Crippen LogP) is 2.68. The second-order valence-electron chi connectivity index (χ2n) is 5.59. The van der Waals surface area contributed by atoms with Crippen molar-refractivity contribution < 1.29 is 4.79 Å². The summed E-state index contributed by atoms with van der Waals surface area (Å²) in [4.78, 5) is 17.7. The molecule has 0 bridgehead atoms. The zero-order valence-electron chi connectivity index (χ0n) is 12.3. The molecule has 108 valence electrons. The second kappa shape index (κ2) is 5.30. The van der Waals surface area contributed by atoms with Crippen LogP contribution in [0.4, 0.5) is 5.69 Å². The molecule has 0 aliphatic carbocycles. The van der Waals surface area contributed by atoms with E-state index in [1.807, 2.05) is 32.3 Å². The lowest BCUT2D eigenvalue weighted by atomic mass is 9.96. The Labute approximate surface area is 124 Å². The summed E-state index contributed by atoms with van der Waals surface area (Å²) in [5.41, 5.74) is 11.3. The number of hydrogen-bond donors (Lipinski definition) is 1. The third-order valence-electron chi connectivity index (χ3n) is 4.04. The van der Waals surface area contributed by atoms with Crippen LogP contribution in [0.2, 0.25) is 0 Å². The minimum absolute atomic E-state index is 0.0289. The Hall–Kier alpha value is -2.20. The van der Waals surface area contributed by atoms with Crippen LogP contribution in [0, 0.1) is 0 Å². The van der Waals surface area contributed by atoms with E-state index in [2.05, 4.69) is 17.1 Å². The van der Waals surface area contributed by atoms with Gasteiger partial charge in [0.05, 0.1) is 0 Å². The van der Waals surface area contributed by atoms with E-state index in [1.54, 1.807) is 11.1 Å². The third kappa shape index (κ3) is 2.54. The number of nitrogens with zero attached hydrogens (tertiary/aromatic N) is 2. The van der Waals surface area contributed by atoms with Crippen LogP contribution in [-0.4, -0.2) is 17.9 Å². The van der Waals surface area contributed by atoms with Gasteiger partial charge in [-0.25, -0.2) is 0 Å². The Morgan fingerprint density at radius 1 is 1.19 bits per heavy atom. The highest BCUT2D eigenvalue weighted by Gasteiger charge is 2.21. The van der Waals surface area contributed by atoms with Crippen LogP contribution in [-0.2, 0) is 11.2 Å². The van der Waals surface area contributed by atoms with Crippen LogP contribution in [0.5, 0.6) is 0 Å². The van der Waals surface area contributed by atoms with Gasteiger partial charge in [0, 0.05) is 43.2 Å². The number of nitrogens with two attached hydrogens (primary N) is 1. The largest absolute Gasteiger partial charge is 0.324 e. The van der Waals surface area contributed by atoms with Crippen molar-refractivity contribution in [3.8, 4) is 11.1 Å². The highest BCUT2D eigenvalue weighted by atomic mass is 16.2. The first-order valence-corrected chi connectivity index (χ1v) is 7.16. The van der Waals surface area contributed by atoms with Crippen molar-refractivity contribution in [2.75, 3.05) is 11.9 Å². The second-order valence-corrected chi connectivity index (χ2v) is 5.59. The summed E-state index contributed by atoms with van der Waals surface area (Å²) in [6.45, 7) is 1.95. The number of benzene rings is 1. The van der Waals surface area contributed by atoms with Gasteiger partial charge in [-0.1, -0.05) is 6.07 Å². The van der Waals surface area contributed by atoms with Crippen molar-refractivity contribution in [1.29, 1.82) is 0 Å². The first-order valence-electron chi connectivity index (χ1n) is 7.16. The summed E-state index contributed by atoms with van der Waals surface area (Å²) in [6.07, 6.45) is 5.03. The average molecular weight is 281 g/mol. The molecular weight excluding hydrogens is 262 g/mol.